The van der Waals surface area contributed by atoms with Gasteiger partial charge in [-0.3, -0.25) is 0 Å². The molecule has 0 aliphatic carbocycles. The highest BCUT2D eigenvalue weighted by molar-refractivity contribution is 6.35. The van der Waals surface area contributed by atoms with Gasteiger partial charge in [-0.25, -0.2) is 0 Å². The number of fused-ring (bicyclic) bond motifs is 1. The first-order valence-electron chi connectivity index (χ1n) is 6.84. The molecule has 0 saturated heterocycles. The predicted molar refractivity (Wildman–Crippen MR) is 92.4 cm³/mol. The Kier molecular flexibility index (Phi) is 4.05. The van der Waals surface area contributed by atoms with Crippen LogP contribution in [0.15, 0.2) is 60.7 Å². The molecule has 0 fully saturated rings. The number of halogens is 2. The fraction of sp³-hybridized carbons (Fsp3) is 0.111. The van der Waals surface area contributed by atoms with E-state index in [1.54, 1.807) is 12.1 Å². The van der Waals surface area contributed by atoms with Gasteiger partial charge < -0.3 is 5.32 Å². The number of hydrogen-bond acceptors (Lipinski definition) is 1. The Morgan fingerprint density at radius 3 is 2.43 bits per heavy atom. The molecule has 1 N–H and O–H groups in total. The van der Waals surface area contributed by atoms with E-state index in [0.29, 0.717) is 10.0 Å². The van der Waals surface area contributed by atoms with E-state index >= 15 is 0 Å². The van der Waals surface area contributed by atoms with Gasteiger partial charge in [0.25, 0.3) is 0 Å². The molecule has 21 heavy (non-hydrogen) atoms. The molecule has 1 unspecified atom stereocenters. The quantitative estimate of drug-likeness (QED) is 0.596. The van der Waals surface area contributed by atoms with Crippen LogP contribution in [0.25, 0.3) is 10.8 Å². The van der Waals surface area contributed by atoms with Crippen molar-refractivity contribution in [1.29, 1.82) is 0 Å². The Morgan fingerprint density at radius 1 is 0.857 bits per heavy atom. The van der Waals surface area contributed by atoms with Gasteiger partial charge in [0, 0.05) is 11.1 Å². The van der Waals surface area contributed by atoms with Gasteiger partial charge >= 0.3 is 0 Å². The third-order valence-corrected chi connectivity index (χ3v) is 4.14. The summed E-state index contributed by atoms with van der Waals surface area (Å²) in [5, 5.41) is 7.24. The van der Waals surface area contributed by atoms with Gasteiger partial charge in [0.05, 0.1) is 10.7 Å². The first-order valence-corrected chi connectivity index (χ1v) is 7.59. The summed E-state index contributed by atoms with van der Waals surface area (Å²) in [7, 11) is 0. The molecule has 3 heteroatoms. The van der Waals surface area contributed by atoms with Crippen LogP contribution in [0.1, 0.15) is 18.5 Å². The van der Waals surface area contributed by atoms with Crippen molar-refractivity contribution in [3.05, 3.63) is 76.3 Å². The molecule has 3 rings (SSSR count). The van der Waals surface area contributed by atoms with E-state index in [2.05, 4.69) is 54.7 Å². The standard InChI is InChI=1S/C18H15Cl2N/c1-12(21-18-11-16(19)8-9-17(18)20)14-7-6-13-4-2-3-5-15(13)10-14/h2-12,21H,1H3. The topological polar surface area (TPSA) is 12.0 Å². The van der Waals surface area contributed by atoms with Crippen LogP contribution < -0.4 is 5.32 Å². The normalized spacial score (nSPS) is 12.3. The highest BCUT2D eigenvalue weighted by atomic mass is 35.5. The van der Waals surface area contributed by atoms with Gasteiger partial charge in [0.15, 0.2) is 0 Å². The second-order valence-corrected chi connectivity index (χ2v) is 5.94. The zero-order valence-corrected chi connectivity index (χ0v) is 13.1. The summed E-state index contributed by atoms with van der Waals surface area (Å²) in [5.74, 6) is 0. The fourth-order valence-electron chi connectivity index (χ4n) is 2.40. The summed E-state index contributed by atoms with van der Waals surface area (Å²) in [6, 6.07) is 20.4. The molecule has 1 nitrogen and oxygen atoms in total. The molecule has 0 spiro atoms. The Hall–Kier alpha value is -1.70. The fourth-order valence-corrected chi connectivity index (χ4v) is 2.75. The predicted octanol–water partition coefficient (Wildman–Crippen LogP) is 6.32. The average Bonchev–Trinajstić information content (AvgIpc) is 2.50. The van der Waals surface area contributed by atoms with Crippen molar-refractivity contribution in [2.45, 2.75) is 13.0 Å². The Bertz CT molecular complexity index is 783. The Labute approximate surface area is 134 Å². The number of anilines is 1. The molecule has 0 radical (unpaired) electrons. The maximum atomic E-state index is 6.20. The Morgan fingerprint density at radius 2 is 1.62 bits per heavy atom. The smallest absolute Gasteiger partial charge is 0.0638 e. The molecule has 0 heterocycles. The summed E-state index contributed by atoms with van der Waals surface area (Å²) >= 11 is 12.2. The highest BCUT2D eigenvalue weighted by Crippen LogP contribution is 2.29. The molecule has 0 amide bonds. The summed E-state index contributed by atoms with van der Waals surface area (Å²) in [6.45, 7) is 2.11. The van der Waals surface area contributed by atoms with Crippen LogP contribution in [0.5, 0.6) is 0 Å². The number of nitrogens with one attached hydrogen (secondary N) is 1. The van der Waals surface area contributed by atoms with E-state index in [4.69, 9.17) is 23.2 Å². The molecule has 3 aromatic carbocycles. The lowest BCUT2D eigenvalue weighted by Crippen LogP contribution is -2.06. The SMILES string of the molecule is CC(Nc1cc(Cl)ccc1Cl)c1ccc2ccccc2c1. The van der Waals surface area contributed by atoms with E-state index in [-0.39, 0.29) is 6.04 Å². The molecule has 0 bridgehead atoms. The zero-order chi connectivity index (χ0) is 14.8. The Balaban J connectivity index is 1.89. The molecule has 0 saturated carbocycles. The molecular weight excluding hydrogens is 301 g/mol. The van der Waals surface area contributed by atoms with E-state index in [1.165, 1.54) is 16.3 Å². The third-order valence-electron chi connectivity index (χ3n) is 3.57. The summed E-state index contributed by atoms with van der Waals surface area (Å²) < 4.78 is 0. The number of hydrogen-bond donors (Lipinski definition) is 1. The van der Waals surface area contributed by atoms with Gasteiger partial charge in [-0.2, -0.15) is 0 Å². The molecular formula is C18H15Cl2N. The van der Waals surface area contributed by atoms with Crippen molar-refractivity contribution in [3.63, 3.8) is 0 Å². The van der Waals surface area contributed by atoms with E-state index in [1.807, 2.05) is 6.07 Å². The van der Waals surface area contributed by atoms with Gasteiger partial charge in [-0.15, -0.1) is 0 Å². The molecule has 1 atom stereocenters. The molecule has 3 aromatic rings. The minimum atomic E-state index is 0.144. The van der Waals surface area contributed by atoms with Crippen LogP contribution in [-0.4, -0.2) is 0 Å². The summed E-state index contributed by atoms with van der Waals surface area (Å²) in [6.07, 6.45) is 0. The van der Waals surface area contributed by atoms with Crippen LogP contribution in [0.4, 0.5) is 5.69 Å². The lowest BCUT2D eigenvalue weighted by atomic mass is 10.0. The number of rotatable bonds is 3. The second-order valence-electron chi connectivity index (χ2n) is 5.10. The van der Waals surface area contributed by atoms with Crippen LogP contribution in [0.2, 0.25) is 10.0 Å². The van der Waals surface area contributed by atoms with Crippen molar-refractivity contribution in [2.24, 2.45) is 0 Å². The average molecular weight is 316 g/mol. The minimum absolute atomic E-state index is 0.144. The van der Waals surface area contributed by atoms with Gasteiger partial charge in [-0.1, -0.05) is 59.6 Å². The van der Waals surface area contributed by atoms with Gasteiger partial charge in [-0.05, 0) is 47.5 Å². The lowest BCUT2D eigenvalue weighted by molar-refractivity contribution is 0.887. The van der Waals surface area contributed by atoms with Gasteiger partial charge in [0.2, 0.25) is 0 Å². The van der Waals surface area contributed by atoms with Crippen molar-refractivity contribution >= 4 is 39.7 Å². The molecule has 0 aliphatic heterocycles. The highest BCUT2D eigenvalue weighted by Gasteiger charge is 2.09. The summed E-state index contributed by atoms with van der Waals surface area (Å²) in [5.41, 5.74) is 2.06. The van der Waals surface area contributed by atoms with Crippen LogP contribution >= 0.6 is 23.2 Å². The second kappa shape index (κ2) is 5.97. The third kappa shape index (κ3) is 3.15. The molecule has 106 valence electrons. The van der Waals surface area contributed by atoms with Crippen molar-refractivity contribution < 1.29 is 0 Å². The maximum Gasteiger partial charge on any atom is 0.0638 e. The van der Waals surface area contributed by atoms with E-state index in [0.717, 1.165) is 5.69 Å². The first-order chi connectivity index (χ1) is 10.1. The van der Waals surface area contributed by atoms with Crippen molar-refractivity contribution in [2.75, 3.05) is 5.32 Å². The largest absolute Gasteiger partial charge is 0.377 e. The summed E-state index contributed by atoms with van der Waals surface area (Å²) in [4.78, 5) is 0. The van der Waals surface area contributed by atoms with Crippen LogP contribution in [0, 0.1) is 0 Å². The van der Waals surface area contributed by atoms with Crippen molar-refractivity contribution in [1.82, 2.24) is 0 Å². The maximum absolute atomic E-state index is 6.20. The minimum Gasteiger partial charge on any atom is -0.377 e. The molecule has 0 aromatic heterocycles. The van der Waals surface area contributed by atoms with E-state index < -0.39 is 0 Å². The van der Waals surface area contributed by atoms with Crippen molar-refractivity contribution in [3.8, 4) is 0 Å². The first kappa shape index (κ1) is 14.2. The van der Waals surface area contributed by atoms with E-state index in [9.17, 15) is 0 Å². The zero-order valence-electron chi connectivity index (χ0n) is 11.6. The van der Waals surface area contributed by atoms with Gasteiger partial charge in [0.1, 0.15) is 0 Å². The molecule has 0 aliphatic rings. The monoisotopic (exact) mass is 315 g/mol. The van der Waals surface area contributed by atoms with Crippen LogP contribution in [0.3, 0.4) is 0 Å². The lowest BCUT2D eigenvalue weighted by Gasteiger charge is -2.17. The number of benzene rings is 3. The van der Waals surface area contributed by atoms with Crippen LogP contribution in [-0.2, 0) is 0 Å².